The van der Waals surface area contributed by atoms with Gasteiger partial charge in [-0.1, -0.05) is 60.7 Å². The Morgan fingerprint density at radius 1 is 0.643 bits per heavy atom. The molecule has 3 nitrogen and oxygen atoms in total. The third-order valence-electron chi connectivity index (χ3n) is 5.89. The summed E-state index contributed by atoms with van der Waals surface area (Å²) >= 11 is 0. The number of hydrogen-bond acceptors (Lipinski definition) is 3. The Balaban J connectivity index is 1.21. The van der Waals surface area contributed by atoms with Crippen molar-refractivity contribution < 1.29 is 0 Å². The summed E-state index contributed by atoms with van der Waals surface area (Å²) in [6.07, 6.45) is 4.91. The van der Waals surface area contributed by atoms with Crippen LogP contribution < -0.4 is 0 Å². The molecule has 3 rings (SSSR count). The van der Waals surface area contributed by atoms with E-state index in [2.05, 4.69) is 82.4 Å². The Hall–Kier alpha value is -1.68. The van der Waals surface area contributed by atoms with Gasteiger partial charge in [-0.3, -0.25) is 0 Å². The van der Waals surface area contributed by atoms with Crippen LogP contribution in [0.2, 0.25) is 0 Å². The van der Waals surface area contributed by atoms with Crippen molar-refractivity contribution in [2.24, 2.45) is 0 Å². The summed E-state index contributed by atoms with van der Waals surface area (Å²) in [5.74, 6) is 0. The van der Waals surface area contributed by atoms with Crippen LogP contribution >= 0.6 is 0 Å². The Morgan fingerprint density at radius 2 is 1.14 bits per heavy atom. The van der Waals surface area contributed by atoms with Crippen molar-refractivity contribution in [3.8, 4) is 0 Å². The van der Waals surface area contributed by atoms with Gasteiger partial charge in [-0.05, 0) is 63.5 Å². The second-order valence-corrected chi connectivity index (χ2v) is 8.16. The Morgan fingerprint density at radius 3 is 1.71 bits per heavy atom. The molecule has 152 valence electrons. The number of benzene rings is 2. The van der Waals surface area contributed by atoms with E-state index in [0.29, 0.717) is 0 Å². The lowest BCUT2D eigenvalue weighted by atomic mass is 10.1. The molecule has 28 heavy (non-hydrogen) atoms. The molecule has 1 aliphatic heterocycles. The van der Waals surface area contributed by atoms with E-state index in [-0.39, 0.29) is 0 Å². The van der Waals surface area contributed by atoms with Crippen LogP contribution in [-0.4, -0.2) is 74.1 Å². The molecule has 0 unspecified atom stereocenters. The molecule has 0 aliphatic carbocycles. The fraction of sp³-hybridized carbons (Fsp3) is 0.520. The van der Waals surface area contributed by atoms with E-state index in [0.717, 1.165) is 13.0 Å². The predicted molar refractivity (Wildman–Crippen MR) is 120 cm³/mol. The Labute approximate surface area is 172 Å². The third-order valence-corrected chi connectivity index (χ3v) is 5.89. The highest BCUT2D eigenvalue weighted by atomic mass is 15.3. The number of piperazine rings is 1. The van der Waals surface area contributed by atoms with Crippen molar-refractivity contribution >= 4 is 0 Å². The van der Waals surface area contributed by atoms with E-state index >= 15 is 0 Å². The smallest absolute Gasteiger partial charge is 0.0110 e. The molecule has 0 N–H and O–H groups in total. The van der Waals surface area contributed by atoms with Gasteiger partial charge in [0.1, 0.15) is 0 Å². The molecule has 2 aromatic carbocycles. The van der Waals surface area contributed by atoms with Crippen molar-refractivity contribution in [2.45, 2.75) is 25.7 Å². The first kappa shape index (κ1) is 21.0. The minimum absolute atomic E-state index is 1.15. The maximum Gasteiger partial charge on any atom is 0.0110 e. The number of likely N-dealkylation sites (N-methyl/N-ethyl adjacent to an activating group) is 1. The minimum Gasteiger partial charge on any atom is -0.306 e. The molecule has 0 saturated carbocycles. The van der Waals surface area contributed by atoms with Crippen LogP contribution in [0.15, 0.2) is 60.7 Å². The van der Waals surface area contributed by atoms with Crippen LogP contribution in [0, 0.1) is 0 Å². The molecule has 0 radical (unpaired) electrons. The molecular formula is C25H37N3. The highest BCUT2D eigenvalue weighted by Crippen LogP contribution is 2.07. The minimum atomic E-state index is 1.15. The van der Waals surface area contributed by atoms with Gasteiger partial charge in [0.25, 0.3) is 0 Å². The summed E-state index contributed by atoms with van der Waals surface area (Å²) < 4.78 is 0. The van der Waals surface area contributed by atoms with Gasteiger partial charge in [-0.15, -0.1) is 0 Å². The first-order valence-corrected chi connectivity index (χ1v) is 11.0. The van der Waals surface area contributed by atoms with E-state index in [1.54, 1.807) is 0 Å². The molecular weight excluding hydrogens is 342 g/mol. The Kier molecular flexibility index (Phi) is 9.02. The molecule has 1 heterocycles. The van der Waals surface area contributed by atoms with E-state index in [9.17, 15) is 0 Å². The zero-order valence-electron chi connectivity index (χ0n) is 17.6. The van der Waals surface area contributed by atoms with Gasteiger partial charge < -0.3 is 14.7 Å². The first-order valence-electron chi connectivity index (χ1n) is 11.0. The second kappa shape index (κ2) is 12.0. The van der Waals surface area contributed by atoms with Crippen molar-refractivity contribution in [3.63, 3.8) is 0 Å². The first-order chi connectivity index (χ1) is 13.8. The largest absolute Gasteiger partial charge is 0.306 e. The molecule has 0 aromatic heterocycles. The van der Waals surface area contributed by atoms with Gasteiger partial charge in [-0.25, -0.2) is 0 Å². The van der Waals surface area contributed by atoms with Crippen LogP contribution in [0.1, 0.15) is 24.0 Å². The van der Waals surface area contributed by atoms with E-state index in [1.807, 2.05) is 0 Å². The summed E-state index contributed by atoms with van der Waals surface area (Å²) in [4.78, 5) is 7.77. The van der Waals surface area contributed by atoms with Crippen LogP contribution in [0.5, 0.6) is 0 Å². The van der Waals surface area contributed by atoms with Crippen LogP contribution in [0.4, 0.5) is 0 Å². The molecule has 0 amide bonds. The quantitative estimate of drug-likeness (QED) is 0.588. The summed E-state index contributed by atoms with van der Waals surface area (Å²) in [5, 5.41) is 0. The molecule has 0 atom stereocenters. The third kappa shape index (κ3) is 7.75. The van der Waals surface area contributed by atoms with Gasteiger partial charge >= 0.3 is 0 Å². The van der Waals surface area contributed by atoms with Gasteiger partial charge in [-0.2, -0.15) is 0 Å². The van der Waals surface area contributed by atoms with E-state index in [4.69, 9.17) is 0 Å². The van der Waals surface area contributed by atoms with Gasteiger partial charge in [0.15, 0.2) is 0 Å². The molecule has 3 heteroatoms. The zero-order valence-corrected chi connectivity index (χ0v) is 17.6. The summed E-state index contributed by atoms with van der Waals surface area (Å²) in [6, 6.07) is 21.7. The lowest BCUT2D eigenvalue weighted by Gasteiger charge is -2.35. The normalized spacial score (nSPS) is 15.9. The number of aryl methyl sites for hydroxylation is 1. The highest BCUT2D eigenvalue weighted by molar-refractivity contribution is 5.15. The van der Waals surface area contributed by atoms with Gasteiger partial charge in [0.05, 0.1) is 0 Å². The molecule has 1 saturated heterocycles. The topological polar surface area (TPSA) is 9.72 Å². The lowest BCUT2D eigenvalue weighted by Crippen LogP contribution is -2.47. The molecule has 1 fully saturated rings. The molecule has 0 spiro atoms. The van der Waals surface area contributed by atoms with Crippen LogP contribution in [-0.2, 0) is 12.8 Å². The fourth-order valence-corrected chi connectivity index (χ4v) is 4.03. The van der Waals surface area contributed by atoms with Crippen molar-refractivity contribution in [2.75, 3.05) is 59.4 Å². The number of rotatable bonds is 11. The average Bonchev–Trinajstić information content (AvgIpc) is 2.75. The average molecular weight is 380 g/mol. The lowest BCUT2D eigenvalue weighted by molar-refractivity contribution is 0.127. The molecule has 0 bridgehead atoms. The fourth-order valence-electron chi connectivity index (χ4n) is 4.03. The summed E-state index contributed by atoms with van der Waals surface area (Å²) in [5.41, 5.74) is 2.91. The van der Waals surface area contributed by atoms with Crippen LogP contribution in [0.25, 0.3) is 0 Å². The summed E-state index contributed by atoms with van der Waals surface area (Å²) in [7, 11) is 2.26. The number of hydrogen-bond donors (Lipinski definition) is 0. The molecule has 1 aliphatic rings. The zero-order chi connectivity index (χ0) is 19.4. The van der Waals surface area contributed by atoms with Crippen LogP contribution in [0.3, 0.4) is 0 Å². The van der Waals surface area contributed by atoms with E-state index in [1.165, 1.54) is 76.2 Å². The maximum atomic E-state index is 2.65. The standard InChI is InChI=1S/C25H37N3/c1-26(19-15-25-12-6-3-7-13-25)16-9-18-28-22-20-27(21-23-28)17-8-14-24-10-4-2-5-11-24/h2-7,10-13H,8-9,14-23H2,1H3. The van der Waals surface area contributed by atoms with Gasteiger partial charge in [0, 0.05) is 32.7 Å². The van der Waals surface area contributed by atoms with E-state index < -0.39 is 0 Å². The monoisotopic (exact) mass is 379 g/mol. The SMILES string of the molecule is CN(CCCN1CCN(CCCc2ccccc2)CC1)CCc1ccccc1. The van der Waals surface area contributed by atoms with Gasteiger partial charge in [0.2, 0.25) is 0 Å². The highest BCUT2D eigenvalue weighted by Gasteiger charge is 2.16. The number of nitrogens with zero attached hydrogens (tertiary/aromatic N) is 3. The Bertz CT molecular complexity index is 635. The molecule has 2 aromatic rings. The second-order valence-electron chi connectivity index (χ2n) is 8.16. The van der Waals surface area contributed by atoms with Crippen molar-refractivity contribution in [3.05, 3.63) is 71.8 Å². The predicted octanol–water partition coefficient (Wildman–Crippen LogP) is 3.80. The maximum absolute atomic E-state index is 2.65. The van der Waals surface area contributed by atoms with Crippen molar-refractivity contribution in [1.82, 2.24) is 14.7 Å². The summed E-state index contributed by atoms with van der Waals surface area (Å²) in [6.45, 7) is 9.78. The van der Waals surface area contributed by atoms with Crippen molar-refractivity contribution in [1.29, 1.82) is 0 Å².